The highest BCUT2D eigenvalue weighted by Gasteiger charge is 2.18. The minimum atomic E-state index is 0. The summed E-state index contributed by atoms with van der Waals surface area (Å²) in [7, 11) is 3.89. The highest BCUT2D eigenvalue weighted by Crippen LogP contribution is 2.27. The van der Waals surface area contributed by atoms with Crippen LogP contribution in [0.4, 0.5) is 0 Å². The molecule has 1 aliphatic carbocycles. The molecule has 26 heavy (non-hydrogen) atoms. The van der Waals surface area contributed by atoms with Crippen molar-refractivity contribution in [3.05, 3.63) is 0 Å². The molecule has 0 bridgehead atoms. The molecule has 152 valence electrons. The van der Waals surface area contributed by atoms with E-state index in [-0.39, 0.29) is 29.9 Å². The summed E-state index contributed by atoms with van der Waals surface area (Å²) in [4.78, 5) is 18.5. The second-order valence-corrected chi connectivity index (χ2v) is 7.44. The molecule has 1 aliphatic heterocycles. The highest BCUT2D eigenvalue weighted by molar-refractivity contribution is 14.0. The lowest BCUT2D eigenvalue weighted by molar-refractivity contribution is -0.121. The van der Waals surface area contributed by atoms with E-state index in [4.69, 9.17) is 4.74 Å². The molecule has 0 radical (unpaired) electrons. The van der Waals surface area contributed by atoms with Crippen molar-refractivity contribution in [3.8, 4) is 0 Å². The van der Waals surface area contributed by atoms with Gasteiger partial charge in [0.25, 0.3) is 0 Å². The average molecular weight is 480 g/mol. The van der Waals surface area contributed by atoms with Crippen LogP contribution in [0.3, 0.4) is 0 Å². The van der Waals surface area contributed by atoms with Gasteiger partial charge in [-0.15, -0.1) is 24.0 Å². The van der Waals surface area contributed by atoms with Crippen LogP contribution in [-0.2, 0) is 9.53 Å². The summed E-state index contributed by atoms with van der Waals surface area (Å²) in [6.07, 6.45) is 9.23. The van der Waals surface area contributed by atoms with Crippen LogP contribution in [0.5, 0.6) is 0 Å². The molecule has 1 amide bonds. The Morgan fingerprint density at radius 2 is 1.73 bits per heavy atom. The second-order valence-electron chi connectivity index (χ2n) is 7.44. The van der Waals surface area contributed by atoms with Crippen molar-refractivity contribution in [1.82, 2.24) is 15.5 Å². The fourth-order valence-electron chi connectivity index (χ4n) is 3.83. The van der Waals surface area contributed by atoms with Crippen LogP contribution in [0.15, 0.2) is 4.99 Å². The zero-order valence-corrected chi connectivity index (χ0v) is 18.8. The maximum absolute atomic E-state index is 11.9. The standard InChI is InChI=1S/C19H36N4O2.HI/c1-20-19(23(2)12-7-16-8-13-25-14-9-16)22-11-10-21-18(24)15-17-5-3-4-6-17;/h16-17H,3-15H2,1-2H3,(H,20,22)(H,21,24);1H. The van der Waals surface area contributed by atoms with Crippen molar-refractivity contribution in [3.63, 3.8) is 0 Å². The summed E-state index contributed by atoms with van der Waals surface area (Å²) in [6.45, 7) is 4.17. The van der Waals surface area contributed by atoms with Gasteiger partial charge in [0.15, 0.2) is 5.96 Å². The van der Waals surface area contributed by atoms with Gasteiger partial charge in [0.2, 0.25) is 5.91 Å². The molecular formula is C19H37IN4O2. The third kappa shape index (κ3) is 8.88. The zero-order chi connectivity index (χ0) is 17.9. The highest BCUT2D eigenvalue weighted by atomic mass is 127. The Morgan fingerprint density at radius 3 is 2.38 bits per heavy atom. The van der Waals surface area contributed by atoms with E-state index in [1.54, 1.807) is 0 Å². The Bertz CT molecular complexity index is 422. The van der Waals surface area contributed by atoms with Gasteiger partial charge in [-0.2, -0.15) is 0 Å². The second kappa shape index (κ2) is 13.6. The maximum atomic E-state index is 11.9. The number of ether oxygens (including phenoxy) is 1. The van der Waals surface area contributed by atoms with Crippen LogP contribution in [-0.4, -0.2) is 63.7 Å². The van der Waals surface area contributed by atoms with Crippen LogP contribution in [0.25, 0.3) is 0 Å². The zero-order valence-electron chi connectivity index (χ0n) is 16.5. The number of carbonyl (C=O) groups excluding carboxylic acids is 1. The molecule has 2 aliphatic rings. The van der Waals surface area contributed by atoms with Gasteiger partial charge in [-0.1, -0.05) is 12.8 Å². The number of rotatable bonds is 8. The van der Waals surface area contributed by atoms with Crippen LogP contribution in [0, 0.1) is 11.8 Å². The summed E-state index contributed by atoms with van der Waals surface area (Å²) in [5.41, 5.74) is 0. The van der Waals surface area contributed by atoms with Crippen LogP contribution in [0.2, 0.25) is 0 Å². The molecular weight excluding hydrogens is 443 g/mol. The summed E-state index contributed by atoms with van der Waals surface area (Å²) >= 11 is 0. The topological polar surface area (TPSA) is 66.0 Å². The fourth-order valence-corrected chi connectivity index (χ4v) is 3.83. The van der Waals surface area contributed by atoms with Crippen molar-refractivity contribution >= 4 is 35.8 Å². The smallest absolute Gasteiger partial charge is 0.220 e. The third-order valence-corrected chi connectivity index (χ3v) is 5.47. The van der Waals surface area contributed by atoms with Gasteiger partial charge in [0.1, 0.15) is 0 Å². The van der Waals surface area contributed by atoms with E-state index in [2.05, 4.69) is 27.6 Å². The number of carbonyl (C=O) groups is 1. The number of nitrogens with one attached hydrogen (secondary N) is 2. The molecule has 1 saturated carbocycles. The van der Waals surface area contributed by atoms with Gasteiger partial charge >= 0.3 is 0 Å². The van der Waals surface area contributed by atoms with Crippen molar-refractivity contribution in [2.75, 3.05) is 46.9 Å². The molecule has 0 atom stereocenters. The first kappa shape index (κ1) is 23.5. The Hall–Kier alpha value is -0.570. The molecule has 0 unspecified atom stereocenters. The monoisotopic (exact) mass is 480 g/mol. The molecule has 0 aromatic rings. The summed E-state index contributed by atoms with van der Waals surface area (Å²) < 4.78 is 5.42. The van der Waals surface area contributed by atoms with E-state index in [1.807, 2.05) is 7.05 Å². The third-order valence-electron chi connectivity index (χ3n) is 5.47. The minimum Gasteiger partial charge on any atom is -0.381 e. The van der Waals surface area contributed by atoms with Gasteiger partial charge < -0.3 is 20.3 Å². The lowest BCUT2D eigenvalue weighted by Crippen LogP contribution is -2.43. The Balaban J connectivity index is 0.00000338. The van der Waals surface area contributed by atoms with Crippen molar-refractivity contribution < 1.29 is 9.53 Å². The predicted octanol–water partition coefficient (Wildman–Crippen LogP) is 2.62. The van der Waals surface area contributed by atoms with Gasteiger partial charge in [-0.3, -0.25) is 9.79 Å². The number of hydrogen-bond donors (Lipinski definition) is 2. The SMILES string of the molecule is CN=C(NCCNC(=O)CC1CCCC1)N(C)CCC1CCOCC1.I. The molecule has 0 aromatic carbocycles. The molecule has 0 aromatic heterocycles. The van der Waals surface area contributed by atoms with Gasteiger partial charge in [0, 0.05) is 53.4 Å². The fraction of sp³-hybridized carbons (Fsp3) is 0.895. The van der Waals surface area contributed by atoms with Gasteiger partial charge in [-0.05, 0) is 43.9 Å². The van der Waals surface area contributed by atoms with E-state index in [0.717, 1.165) is 31.6 Å². The molecule has 2 fully saturated rings. The number of nitrogens with zero attached hydrogens (tertiary/aromatic N) is 2. The van der Waals surface area contributed by atoms with Crippen molar-refractivity contribution in [1.29, 1.82) is 0 Å². The van der Waals surface area contributed by atoms with Crippen LogP contribution < -0.4 is 10.6 Å². The number of amides is 1. The maximum Gasteiger partial charge on any atom is 0.220 e. The summed E-state index contributed by atoms with van der Waals surface area (Å²) in [5.74, 6) is 2.47. The summed E-state index contributed by atoms with van der Waals surface area (Å²) in [6, 6.07) is 0. The van der Waals surface area contributed by atoms with Crippen molar-refractivity contribution in [2.24, 2.45) is 16.8 Å². The molecule has 7 heteroatoms. The Kier molecular flexibility index (Phi) is 12.3. The number of halogens is 1. The van der Waals surface area contributed by atoms with Crippen molar-refractivity contribution in [2.45, 2.75) is 51.4 Å². The first-order valence-electron chi connectivity index (χ1n) is 9.95. The first-order valence-corrected chi connectivity index (χ1v) is 9.95. The lowest BCUT2D eigenvalue weighted by atomic mass is 9.96. The molecule has 6 nitrogen and oxygen atoms in total. The van der Waals surface area contributed by atoms with Gasteiger partial charge in [0.05, 0.1) is 0 Å². The largest absolute Gasteiger partial charge is 0.381 e. The molecule has 1 heterocycles. The van der Waals surface area contributed by atoms with E-state index >= 15 is 0 Å². The molecule has 0 spiro atoms. The Morgan fingerprint density at radius 1 is 1.08 bits per heavy atom. The van der Waals surface area contributed by atoms with Crippen LogP contribution >= 0.6 is 24.0 Å². The molecule has 2 N–H and O–H groups in total. The number of aliphatic imine (C=N–C) groups is 1. The summed E-state index contributed by atoms with van der Waals surface area (Å²) in [5, 5.41) is 6.37. The van der Waals surface area contributed by atoms with Gasteiger partial charge in [-0.25, -0.2) is 0 Å². The lowest BCUT2D eigenvalue weighted by Gasteiger charge is -2.26. The van der Waals surface area contributed by atoms with E-state index in [1.165, 1.54) is 44.9 Å². The number of hydrogen-bond acceptors (Lipinski definition) is 3. The quantitative estimate of drug-likeness (QED) is 0.243. The number of guanidine groups is 1. The minimum absolute atomic E-state index is 0. The van der Waals surface area contributed by atoms with Crippen LogP contribution in [0.1, 0.15) is 51.4 Å². The molecule has 1 saturated heterocycles. The van der Waals surface area contributed by atoms with E-state index < -0.39 is 0 Å². The average Bonchev–Trinajstić information content (AvgIpc) is 3.13. The predicted molar refractivity (Wildman–Crippen MR) is 117 cm³/mol. The first-order chi connectivity index (χ1) is 12.2. The van der Waals surface area contributed by atoms with E-state index in [9.17, 15) is 4.79 Å². The molecule has 2 rings (SSSR count). The Labute approximate surface area is 175 Å². The normalized spacial score (nSPS) is 19.1. The van der Waals surface area contributed by atoms with E-state index in [0.29, 0.717) is 25.4 Å².